The van der Waals surface area contributed by atoms with Gasteiger partial charge in [0, 0.05) is 0 Å². The summed E-state index contributed by atoms with van der Waals surface area (Å²) in [6.45, 7) is 2.43. The number of nitrogens with one attached hydrogen (secondary N) is 1. The van der Waals surface area contributed by atoms with Crippen LogP contribution in [-0.4, -0.2) is 34.8 Å². The minimum atomic E-state index is -4.73. The summed E-state index contributed by atoms with van der Waals surface area (Å²) in [5.41, 5.74) is 0.464. The first kappa shape index (κ1) is 13.9. The van der Waals surface area contributed by atoms with E-state index in [-0.39, 0.29) is 4.88 Å². The molecule has 0 bridgehead atoms. The summed E-state index contributed by atoms with van der Waals surface area (Å²) in [6, 6.07) is 0. The number of hydrogen-bond donors (Lipinski definition) is 2. The maximum Gasteiger partial charge on any atom is 0.416 e. The molecular weight excluding hydrogens is 257 g/mol. The number of hydrogen-bond acceptors (Lipinski definition) is 4. The molecule has 0 aliphatic heterocycles. The fraction of sp³-hybridized carbons (Fsp3) is 0.556. The number of aromatic nitrogens is 1. The lowest BCUT2D eigenvalue weighted by atomic mass is 10.3. The van der Waals surface area contributed by atoms with Crippen molar-refractivity contribution in [3.63, 3.8) is 0 Å². The maximum atomic E-state index is 12.0. The average molecular weight is 268 g/mol. The Kier molecular flexibility index (Phi) is 4.10. The summed E-state index contributed by atoms with van der Waals surface area (Å²) in [4.78, 5) is 15.7. The fourth-order valence-corrected chi connectivity index (χ4v) is 1.96. The van der Waals surface area contributed by atoms with Crippen molar-refractivity contribution in [2.45, 2.75) is 26.1 Å². The molecule has 1 amide bonds. The van der Waals surface area contributed by atoms with Gasteiger partial charge in [0.25, 0.3) is 5.91 Å². The minimum Gasteiger partial charge on any atom is -0.382 e. The van der Waals surface area contributed by atoms with Gasteiger partial charge in [-0.25, -0.2) is 4.98 Å². The van der Waals surface area contributed by atoms with Crippen molar-refractivity contribution >= 4 is 17.2 Å². The number of carbonyl (C=O) groups excluding carboxylic acids is 1. The smallest absolute Gasteiger partial charge is 0.382 e. The molecule has 2 N–H and O–H groups in total. The van der Waals surface area contributed by atoms with Crippen LogP contribution in [0.4, 0.5) is 13.2 Å². The maximum absolute atomic E-state index is 12.0. The number of nitrogens with zero attached hydrogens (tertiary/aromatic N) is 1. The molecule has 1 heterocycles. The summed E-state index contributed by atoms with van der Waals surface area (Å²) in [5.74, 6) is -0.656. The van der Waals surface area contributed by atoms with Crippen molar-refractivity contribution in [1.29, 1.82) is 0 Å². The molecular formula is C9H11F3N2O2S. The van der Waals surface area contributed by atoms with Gasteiger partial charge in [-0.3, -0.25) is 4.79 Å². The van der Waals surface area contributed by atoms with E-state index in [4.69, 9.17) is 5.11 Å². The van der Waals surface area contributed by atoms with Crippen LogP contribution in [0.15, 0.2) is 0 Å². The molecule has 4 nitrogen and oxygen atoms in total. The Bertz CT molecular complexity index is 417. The molecule has 17 heavy (non-hydrogen) atoms. The Labute approximate surface area is 99.5 Å². The topological polar surface area (TPSA) is 62.2 Å². The van der Waals surface area contributed by atoms with Crippen LogP contribution in [0.25, 0.3) is 0 Å². The SMILES string of the molecule is Cc1nc(C)c(C(=O)NCC(O)C(F)(F)F)s1. The lowest BCUT2D eigenvalue weighted by Crippen LogP contribution is -2.40. The summed E-state index contributed by atoms with van der Waals surface area (Å²) in [5, 5.41) is 11.4. The Morgan fingerprint density at radius 2 is 2.12 bits per heavy atom. The monoisotopic (exact) mass is 268 g/mol. The molecule has 0 saturated heterocycles. The number of aliphatic hydroxyl groups excluding tert-OH is 1. The zero-order chi connectivity index (χ0) is 13.2. The van der Waals surface area contributed by atoms with Crippen LogP contribution in [0.3, 0.4) is 0 Å². The van der Waals surface area contributed by atoms with Crippen LogP contribution >= 0.6 is 11.3 Å². The second-order valence-corrected chi connectivity index (χ2v) is 4.62. The van der Waals surface area contributed by atoms with Crippen LogP contribution in [0, 0.1) is 13.8 Å². The van der Waals surface area contributed by atoms with E-state index >= 15 is 0 Å². The van der Waals surface area contributed by atoms with Crippen molar-refractivity contribution in [1.82, 2.24) is 10.3 Å². The highest BCUT2D eigenvalue weighted by Crippen LogP contribution is 2.20. The molecule has 1 aromatic heterocycles. The molecule has 1 atom stereocenters. The molecule has 0 aromatic carbocycles. The molecule has 8 heteroatoms. The predicted octanol–water partition coefficient (Wildman–Crippen LogP) is 1.41. The van der Waals surface area contributed by atoms with Crippen molar-refractivity contribution in [2.24, 2.45) is 0 Å². The Hall–Kier alpha value is -1.15. The van der Waals surface area contributed by atoms with E-state index < -0.39 is 24.7 Å². The Morgan fingerprint density at radius 3 is 2.53 bits per heavy atom. The highest BCUT2D eigenvalue weighted by molar-refractivity contribution is 7.13. The van der Waals surface area contributed by atoms with Crippen molar-refractivity contribution < 1.29 is 23.1 Å². The van der Waals surface area contributed by atoms with E-state index in [1.54, 1.807) is 13.8 Å². The van der Waals surface area contributed by atoms with E-state index in [9.17, 15) is 18.0 Å². The lowest BCUT2D eigenvalue weighted by Gasteiger charge is -2.14. The van der Waals surface area contributed by atoms with Gasteiger partial charge in [-0.05, 0) is 13.8 Å². The zero-order valence-electron chi connectivity index (χ0n) is 9.13. The Balaban J connectivity index is 2.60. The highest BCUT2D eigenvalue weighted by Gasteiger charge is 2.38. The van der Waals surface area contributed by atoms with Crippen LogP contribution < -0.4 is 5.32 Å². The molecule has 0 aliphatic rings. The molecule has 0 saturated carbocycles. The van der Waals surface area contributed by atoms with Crippen LogP contribution in [0.2, 0.25) is 0 Å². The number of carbonyl (C=O) groups is 1. The van der Waals surface area contributed by atoms with Gasteiger partial charge < -0.3 is 10.4 Å². The number of halogens is 3. The molecule has 0 radical (unpaired) electrons. The van der Waals surface area contributed by atoms with E-state index in [0.29, 0.717) is 10.7 Å². The van der Waals surface area contributed by atoms with Gasteiger partial charge in [0.15, 0.2) is 6.10 Å². The number of rotatable bonds is 3. The third-order valence-electron chi connectivity index (χ3n) is 1.94. The third kappa shape index (κ3) is 3.67. The number of aryl methyl sites for hydroxylation is 2. The van der Waals surface area contributed by atoms with Gasteiger partial charge in [-0.15, -0.1) is 11.3 Å². The number of alkyl halides is 3. The third-order valence-corrected chi connectivity index (χ3v) is 3.02. The first-order valence-corrected chi connectivity index (χ1v) is 5.50. The minimum absolute atomic E-state index is 0.261. The number of amides is 1. The summed E-state index contributed by atoms with van der Waals surface area (Å²) >= 11 is 1.10. The van der Waals surface area contributed by atoms with E-state index in [1.807, 2.05) is 5.32 Å². The lowest BCUT2D eigenvalue weighted by molar-refractivity contribution is -0.201. The molecule has 1 unspecified atom stereocenters. The Morgan fingerprint density at radius 1 is 1.53 bits per heavy atom. The summed E-state index contributed by atoms with van der Waals surface area (Å²) in [7, 11) is 0. The fourth-order valence-electron chi connectivity index (χ4n) is 1.13. The van der Waals surface area contributed by atoms with Gasteiger partial charge in [-0.2, -0.15) is 13.2 Å². The normalized spacial score (nSPS) is 13.5. The second kappa shape index (κ2) is 5.01. The molecule has 0 spiro atoms. The van der Waals surface area contributed by atoms with E-state index in [2.05, 4.69) is 4.98 Å². The zero-order valence-corrected chi connectivity index (χ0v) is 9.95. The van der Waals surface area contributed by atoms with E-state index in [0.717, 1.165) is 11.3 Å². The largest absolute Gasteiger partial charge is 0.416 e. The average Bonchev–Trinajstić information content (AvgIpc) is 2.52. The molecule has 1 aromatic rings. The predicted molar refractivity (Wildman–Crippen MR) is 56.0 cm³/mol. The number of thiazole rings is 1. The number of aliphatic hydroxyl groups is 1. The van der Waals surface area contributed by atoms with Gasteiger partial charge in [-0.1, -0.05) is 0 Å². The molecule has 96 valence electrons. The molecule has 1 rings (SSSR count). The van der Waals surface area contributed by atoms with Gasteiger partial charge in [0.1, 0.15) is 4.88 Å². The highest BCUT2D eigenvalue weighted by atomic mass is 32.1. The van der Waals surface area contributed by atoms with Crippen LogP contribution in [0.5, 0.6) is 0 Å². The summed E-state index contributed by atoms with van der Waals surface area (Å²) < 4.78 is 35.9. The van der Waals surface area contributed by atoms with Gasteiger partial charge >= 0.3 is 6.18 Å². The molecule has 0 fully saturated rings. The van der Waals surface area contributed by atoms with Crippen LogP contribution in [0.1, 0.15) is 20.4 Å². The second-order valence-electron chi connectivity index (χ2n) is 3.41. The first-order valence-electron chi connectivity index (χ1n) is 4.69. The first-order chi connectivity index (χ1) is 7.71. The standard InChI is InChI=1S/C9H11F3N2O2S/c1-4-7(17-5(2)14-4)8(16)13-3-6(15)9(10,11)12/h6,15H,3H2,1-2H3,(H,13,16). The van der Waals surface area contributed by atoms with Gasteiger partial charge in [0.05, 0.1) is 17.2 Å². The van der Waals surface area contributed by atoms with Gasteiger partial charge in [0.2, 0.25) is 0 Å². The van der Waals surface area contributed by atoms with Crippen LogP contribution in [-0.2, 0) is 0 Å². The van der Waals surface area contributed by atoms with Crippen molar-refractivity contribution in [3.8, 4) is 0 Å². The van der Waals surface area contributed by atoms with Crippen molar-refractivity contribution in [3.05, 3.63) is 15.6 Å². The van der Waals surface area contributed by atoms with Crippen molar-refractivity contribution in [2.75, 3.05) is 6.54 Å². The quantitative estimate of drug-likeness (QED) is 0.871. The molecule has 0 aliphatic carbocycles. The van der Waals surface area contributed by atoms with E-state index in [1.165, 1.54) is 0 Å². The summed E-state index contributed by atoms with van der Waals surface area (Å²) in [6.07, 6.45) is -7.29.